The van der Waals surface area contributed by atoms with Crippen molar-refractivity contribution in [1.29, 1.82) is 0 Å². The highest BCUT2D eigenvalue weighted by Crippen LogP contribution is 2.24. The Balaban J connectivity index is 1.93. The summed E-state index contributed by atoms with van der Waals surface area (Å²) in [6.45, 7) is 3.42. The fourth-order valence-electron chi connectivity index (χ4n) is 1.75. The van der Waals surface area contributed by atoms with E-state index in [1.54, 1.807) is 18.4 Å². The Kier molecular flexibility index (Phi) is 5.44. The zero-order valence-corrected chi connectivity index (χ0v) is 12.8. The maximum Gasteiger partial charge on any atom is 0.0587 e. The molecule has 0 atom stereocenters. The van der Waals surface area contributed by atoms with Crippen LogP contribution < -0.4 is 5.32 Å². The second-order valence-electron chi connectivity index (χ2n) is 3.99. The van der Waals surface area contributed by atoms with Gasteiger partial charge in [0.05, 0.1) is 13.2 Å². The molecule has 0 spiro atoms. The van der Waals surface area contributed by atoms with Gasteiger partial charge in [-0.05, 0) is 39.5 Å². The van der Waals surface area contributed by atoms with Crippen LogP contribution in [-0.4, -0.2) is 24.8 Å². The molecule has 2 aromatic heterocycles. The zero-order chi connectivity index (χ0) is 12.8. The Bertz CT molecular complexity index is 481. The summed E-state index contributed by atoms with van der Waals surface area (Å²) in [5.74, 6) is 0. The topological polar surface area (TPSA) is 26.2 Å². The van der Waals surface area contributed by atoms with Gasteiger partial charge in [-0.15, -0.1) is 11.3 Å². The molecule has 0 aromatic carbocycles. The summed E-state index contributed by atoms with van der Waals surface area (Å²) < 4.78 is 8.49. The van der Waals surface area contributed by atoms with Gasteiger partial charge in [0.15, 0.2) is 0 Å². The normalized spacial score (nSPS) is 11.0. The Labute approximate surface area is 120 Å². The lowest BCUT2D eigenvalue weighted by Crippen LogP contribution is -2.20. The fourth-order valence-corrected chi connectivity index (χ4v) is 3.22. The van der Waals surface area contributed by atoms with Crippen LogP contribution in [-0.2, 0) is 17.8 Å². The smallest absolute Gasteiger partial charge is 0.0587 e. The molecule has 0 fully saturated rings. The Morgan fingerprint density at radius 2 is 2.33 bits per heavy atom. The van der Waals surface area contributed by atoms with Gasteiger partial charge in [-0.25, -0.2) is 0 Å². The van der Waals surface area contributed by atoms with Crippen molar-refractivity contribution in [1.82, 2.24) is 9.88 Å². The van der Waals surface area contributed by atoms with E-state index in [0.29, 0.717) is 0 Å². The molecular formula is C13H17BrN2OS. The van der Waals surface area contributed by atoms with Crippen LogP contribution in [0.5, 0.6) is 0 Å². The first-order valence-electron chi connectivity index (χ1n) is 5.87. The average molecular weight is 329 g/mol. The van der Waals surface area contributed by atoms with Gasteiger partial charge in [0.2, 0.25) is 0 Å². The molecule has 2 rings (SSSR count). The summed E-state index contributed by atoms with van der Waals surface area (Å²) in [4.78, 5) is 1.35. The van der Waals surface area contributed by atoms with E-state index in [4.69, 9.17) is 4.74 Å². The van der Waals surface area contributed by atoms with E-state index < -0.39 is 0 Å². The maximum absolute atomic E-state index is 5.02. The highest BCUT2D eigenvalue weighted by atomic mass is 79.9. The van der Waals surface area contributed by atoms with Crippen molar-refractivity contribution in [2.45, 2.75) is 13.1 Å². The van der Waals surface area contributed by atoms with Gasteiger partial charge in [0.25, 0.3) is 0 Å². The monoisotopic (exact) mass is 328 g/mol. The van der Waals surface area contributed by atoms with Gasteiger partial charge in [-0.1, -0.05) is 0 Å². The molecule has 2 heterocycles. The van der Waals surface area contributed by atoms with Crippen molar-refractivity contribution in [3.05, 3.63) is 44.8 Å². The summed E-state index contributed by atoms with van der Waals surface area (Å²) in [6.07, 6.45) is 2.12. The molecule has 0 saturated heterocycles. The summed E-state index contributed by atoms with van der Waals surface area (Å²) >= 11 is 5.36. The molecule has 0 amide bonds. The Morgan fingerprint density at radius 1 is 1.44 bits per heavy atom. The molecule has 98 valence electrons. The van der Waals surface area contributed by atoms with E-state index in [1.165, 1.54) is 15.0 Å². The lowest BCUT2D eigenvalue weighted by Gasteiger charge is -2.09. The Morgan fingerprint density at radius 3 is 3.06 bits per heavy atom. The van der Waals surface area contributed by atoms with Crippen molar-refractivity contribution >= 4 is 27.3 Å². The summed E-state index contributed by atoms with van der Waals surface area (Å²) in [7, 11) is 1.72. The molecule has 5 heteroatoms. The lowest BCUT2D eigenvalue weighted by atomic mass is 10.4. The van der Waals surface area contributed by atoms with Crippen LogP contribution in [0.2, 0.25) is 0 Å². The zero-order valence-electron chi connectivity index (χ0n) is 10.4. The quantitative estimate of drug-likeness (QED) is 0.790. The van der Waals surface area contributed by atoms with Crippen LogP contribution in [0.1, 0.15) is 10.6 Å². The van der Waals surface area contributed by atoms with Crippen molar-refractivity contribution in [3.63, 3.8) is 0 Å². The first-order valence-corrected chi connectivity index (χ1v) is 7.54. The van der Waals surface area contributed by atoms with E-state index in [-0.39, 0.29) is 0 Å². The number of rotatable bonds is 7. The van der Waals surface area contributed by atoms with Crippen LogP contribution in [0.3, 0.4) is 0 Å². The molecule has 0 aliphatic carbocycles. The fraction of sp³-hybridized carbons (Fsp3) is 0.385. The van der Waals surface area contributed by atoms with Crippen LogP contribution in [0, 0.1) is 0 Å². The molecule has 0 aliphatic heterocycles. The molecule has 18 heavy (non-hydrogen) atoms. The van der Waals surface area contributed by atoms with Gasteiger partial charge in [-0.2, -0.15) is 0 Å². The summed E-state index contributed by atoms with van der Waals surface area (Å²) in [5.41, 5.74) is 1.30. The van der Waals surface area contributed by atoms with E-state index in [0.717, 1.165) is 26.2 Å². The summed E-state index contributed by atoms with van der Waals surface area (Å²) in [5, 5.41) is 5.48. The number of ether oxygens (including phenoxy) is 1. The minimum Gasteiger partial charge on any atom is -0.383 e. The Hall–Kier alpha value is -0.620. The first-order chi connectivity index (χ1) is 8.81. The van der Waals surface area contributed by atoms with E-state index in [2.05, 4.69) is 55.6 Å². The molecule has 1 N–H and O–H groups in total. The van der Waals surface area contributed by atoms with Gasteiger partial charge < -0.3 is 14.6 Å². The number of hydrogen-bond acceptors (Lipinski definition) is 3. The third-order valence-corrected chi connectivity index (χ3v) is 4.63. The van der Waals surface area contributed by atoms with E-state index in [1.807, 2.05) is 0 Å². The number of aromatic nitrogens is 1. The molecule has 0 saturated carbocycles. The number of nitrogens with one attached hydrogen (secondary N) is 1. The second-order valence-corrected chi connectivity index (χ2v) is 5.84. The van der Waals surface area contributed by atoms with Crippen molar-refractivity contribution < 1.29 is 4.74 Å². The minimum atomic E-state index is 0.747. The van der Waals surface area contributed by atoms with Crippen LogP contribution in [0.4, 0.5) is 0 Å². The van der Waals surface area contributed by atoms with Crippen LogP contribution >= 0.6 is 27.3 Å². The molecule has 0 bridgehead atoms. The van der Waals surface area contributed by atoms with Gasteiger partial charge in [-0.3, -0.25) is 0 Å². The highest BCUT2D eigenvalue weighted by molar-refractivity contribution is 9.10. The van der Waals surface area contributed by atoms with Gasteiger partial charge in [0.1, 0.15) is 0 Å². The van der Waals surface area contributed by atoms with Gasteiger partial charge >= 0.3 is 0 Å². The number of nitrogens with zero attached hydrogens (tertiary/aromatic N) is 1. The number of halogens is 1. The van der Waals surface area contributed by atoms with Crippen molar-refractivity contribution in [2.24, 2.45) is 0 Å². The van der Waals surface area contributed by atoms with Crippen molar-refractivity contribution in [3.8, 4) is 0 Å². The summed E-state index contributed by atoms with van der Waals surface area (Å²) in [6, 6.07) is 6.34. The van der Waals surface area contributed by atoms with Crippen molar-refractivity contribution in [2.75, 3.05) is 20.3 Å². The van der Waals surface area contributed by atoms with Crippen LogP contribution in [0.15, 0.2) is 34.2 Å². The molecule has 2 aromatic rings. The molecular weight excluding hydrogens is 312 g/mol. The molecule has 0 radical (unpaired) electrons. The van der Waals surface area contributed by atoms with Gasteiger partial charge in [0, 0.05) is 41.4 Å². The number of hydrogen-bond donors (Lipinski definition) is 1. The standard InChI is InChI=1S/C13H17BrN2OS/c1-17-7-5-15-9-11-3-2-6-16(11)10-13-12(14)4-8-18-13/h2-4,6,8,15H,5,7,9-10H2,1H3. The predicted octanol–water partition coefficient (Wildman–Crippen LogP) is 3.10. The molecule has 0 aliphatic rings. The number of thiophene rings is 1. The predicted molar refractivity (Wildman–Crippen MR) is 79.1 cm³/mol. The first kappa shape index (κ1) is 13.8. The van der Waals surface area contributed by atoms with Crippen LogP contribution in [0.25, 0.3) is 0 Å². The SMILES string of the molecule is COCCNCc1cccn1Cc1sccc1Br. The minimum absolute atomic E-state index is 0.747. The highest BCUT2D eigenvalue weighted by Gasteiger charge is 2.05. The lowest BCUT2D eigenvalue weighted by molar-refractivity contribution is 0.199. The molecule has 3 nitrogen and oxygen atoms in total. The third kappa shape index (κ3) is 3.68. The van der Waals surface area contributed by atoms with E-state index in [9.17, 15) is 0 Å². The van der Waals surface area contributed by atoms with E-state index >= 15 is 0 Å². The average Bonchev–Trinajstić information content (AvgIpc) is 2.96. The molecule has 0 unspecified atom stereocenters. The largest absolute Gasteiger partial charge is 0.383 e. The number of methoxy groups -OCH3 is 1. The second kappa shape index (κ2) is 7.09. The maximum atomic E-state index is 5.02. The third-order valence-electron chi connectivity index (χ3n) is 2.72.